The van der Waals surface area contributed by atoms with Crippen LogP contribution in [0.5, 0.6) is 5.75 Å². The quantitative estimate of drug-likeness (QED) is 0.526. The molecule has 9 nitrogen and oxygen atoms in total. The van der Waals surface area contributed by atoms with Gasteiger partial charge in [0, 0.05) is 5.92 Å². The van der Waals surface area contributed by atoms with Crippen LogP contribution in [0.15, 0.2) is 12.1 Å². The van der Waals surface area contributed by atoms with Crippen LogP contribution in [0.25, 0.3) is 0 Å². The summed E-state index contributed by atoms with van der Waals surface area (Å²) in [5.41, 5.74) is 3.79. The molecule has 1 aromatic rings. The molecule has 2 saturated carbocycles. The maximum absolute atomic E-state index is 13.6. The van der Waals surface area contributed by atoms with Crippen LogP contribution in [0.3, 0.4) is 0 Å². The molecule has 9 heteroatoms. The zero-order chi connectivity index (χ0) is 23.7. The third-order valence-corrected chi connectivity index (χ3v) is 7.40. The van der Waals surface area contributed by atoms with Crippen LogP contribution in [0.2, 0.25) is 0 Å². The molecule has 0 bridgehead atoms. The van der Waals surface area contributed by atoms with E-state index in [1.165, 1.54) is 4.90 Å². The first-order valence-electron chi connectivity index (χ1n) is 10.6. The number of likely N-dealkylation sites (N-methyl/N-ethyl adjacent to an activating group) is 1. The minimum atomic E-state index is -2.69. The maximum Gasteiger partial charge on any atom is 0.235 e. The summed E-state index contributed by atoms with van der Waals surface area (Å²) >= 11 is 0. The molecule has 0 heterocycles. The summed E-state index contributed by atoms with van der Waals surface area (Å²) in [5.74, 6) is -10.1. The van der Waals surface area contributed by atoms with Crippen molar-refractivity contribution in [2.24, 2.45) is 29.4 Å². The largest absolute Gasteiger partial charge is 0.507 e. The van der Waals surface area contributed by atoms with Crippen molar-refractivity contribution in [1.29, 1.82) is 0 Å². The summed E-state index contributed by atoms with van der Waals surface area (Å²) in [6.45, 7) is 1.82. The summed E-state index contributed by atoms with van der Waals surface area (Å²) in [6, 6.07) is 2.39. The fraction of sp³-hybridized carbons (Fsp3) is 0.522. The highest BCUT2D eigenvalue weighted by Gasteiger charge is 2.69. The van der Waals surface area contributed by atoms with E-state index < -0.39 is 64.4 Å². The summed E-state index contributed by atoms with van der Waals surface area (Å²) in [7, 11) is 3.11. The van der Waals surface area contributed by atoms with Gasteiger partial charge in [-0.1, -0.05) is 19.1 Å². The Kier molecular flexibility index (Phi) is 5.09. The first-order chi connectivity index (χ1) is 15.0. The van der Waals surface area contributed by atoms with E-state index in [2.05, 4.69) is 0 Å². The molecule has 0 saturated heterocycles. The molecule has 6 atom stereocenters. The Hall–Kier alpha value is -2.91. The van der Waals surface area contributed by atoms with E-state index in [4.69, 9.17) is 5.73 Å². The zero-order valence-electron chi connectivity index (χ0n) is 18.1. The number of carbonyl (C=O) groups is 5. The Labute approximate surface area is 184 Å². The lowest BCUT2D eigenvalue weighted by atomic mass is 9.52. The third-order valence-electron chi connectivity index (χ3n) is 7.40. The number of carbonyl (C=O) groups excluding carboxylic acids is 5. The number of nitrogens with two attached hydrogens (primary N) is 1. The zero-order valence-corrected chi connectivity index (χ0v) is 18.1. The number of Topliss-reactive ketones (excluding diaryl/α,β-unsaturated/α-hetero) is 4. The number of primary amides is 1. The lowest BCUT2D eigenvalue weighted by Gasteiger charge is -2.52. The molecule has 32 heavy (non-hydrogen) atoms. The molecule has 3 aliphatic carbocycles. The van der Waals surface area contributed by atoms with Gasteiger partial charge in [-0.2, -0.15) is 0 Å². The number of aliphatic hydroxyl groups is 1. The van der Waals surface area contributed by atoms with Crippen LogP contribution < -0.4 is 5.73 Å². The molecule has 2 unspecified atom stereocenters. The number of rotatable bonds is 3. The van der Waals surface area contributed by atoms with Gasteiger partial charge in [0.15, 0.2) is 34.7 Å². The number of benzene rings is 1. The van der Waals surface area contributed by atoms with Gasteiger partial charge in [-0.3, -0.25) is 28.9 Å². The molecule has 3 aliphatic rings. The molecular weight excluding hydrogens is 416 g/mol. The number of hydrogen-bond acceptors (Lipinski definition) is 8. The van der Waals surface area contributed by atoms with E-state index in [0.717, 1.165) is 0 Å². The second-order valence-electron chi connectivity index (χ2n) is 9.25. The molecule has 0 aliphatic heterocycles. The van der Waals surface area contributed by atoms with E-state index in [0.29, 0.717) is 17.5 Å². The summed E-state index contributed by atoms with van der Waals surface area (Å²) in [5, 5.41) is 22.1. The normalized spacial score (nSPS) is 34.2. The van der Waals surface area contributed by atoms with Crippen LogP contribution >= 0.6 is 0 Å². The Bertz CT molecular complexity index is 1080. The summed E-state index contributed by atoms with van der Waals surface area (Å²) in [6.07, 6.45) is 0.815. The van der Waals surface area contributed by atoms with Crippen LogP contribution in [0, 0.1) is 23.7 Å². The Morgan fingerprint density at radius 2 is 1.84 bits per heavy atom. The molecular formula is C23H26N2O7. The van der Waals surface area contributed by atoms with Gasteiger partial charge < -0.3 is 15.9 Å². The Balaban J connectivity index is 1.86. The molecule has 2 fully saturated rings. The van der Waals surface area contributed by atoms with Crippen LogP contribution in [0.1, 0.15) is 34.8 Å². The van der Waals surface area contributed by atoms with E-state index in [-0.39, 0.29) is 24.2 Å². The highest BCUT2D eigenvalue weighted by Crippen LogP contribution is 2.50. The van der Waals surface area contributed by atoms with Crippen molar-refractivity contribution in [1.82, 2.24) is 4.90 Å². The first-order valence-corrected chi connectivity index (χ1v) is 10.6. The molecule has 170 valence electrons. The van der Waals surface area contributed by atoms with Gasteiger partial charge in [-0.15, -0.1) is 0 Å². The van der Waals surface area contributed by atoms with Crippen molar-refractivity contribution in [3.8, 4) is 5.75 Å². The molecule has 1 aromatic carbocycles. The van der Waals surface area contributed by atoms with Crippen LogP contribution in [-0.4, -0.2) is 69.9 Å². The SMILES string of the molecule is CCc1ccc2c(c1O)C(=O)C1C(=O)[C@@]3(O)C(=O)C(C(N)=O)C(=O)[C@H](N(C)C)[C@H]3C[C@H]1C2. The van der Waals surface area contributed by atoms with E-state index >= 15 is 0 Å². The molecule has 0 aromatic heterocycles. The van der Waals surface area contributed by atoms with Gasteiger partial charge in [0.2, 0.25) is 5.91 Å². The number of aromatic hydroxyl groups is 1. The number of phenols is 1. The van der Waals surface area contributed by atoms with Crippen molar-refractivity contribution in [2.45, 2.75) is 37.8 Å². The number of fused-ring (bicyclic) bond motifs is 3. The first kappa shape index (κ1) is 22.3. The van der Waals surface area contributed by atoms with Gasteiger partial charge in [0.05, 0.1) is 17.5 Å². The molecule has 4 N–H and O–H groups in total. The predicted molar refractivity (Wildman–Crippen MR) is 111 cm³/mol. The molecule has 0 radical (unpaired) electrons. The molecule has 0 spiro atoms. The fourth-order valence-electron chi connectivity index (χ4n) is 5.91. The topological polar surface area (TPSA) is 155 Å². The standard InChI is InChI=1S/C23H26N2O7/c1-4-9-5-6-10-7-11-8-12-16(25(2)3)19(28)15(22(24)31)21(30)23(12,32)20(29)14(11)18(27)13(10)17(9)26/h5-6,11-12,14-16,26,32H,4,7-8H2,1-3H3,(H2,24,31)/t11-,12-,14?,15?,16-,23-/m1/s1. The Morgan fingerprint density at radius 1 is 1.19 bits per heavy atom. The van der Waals surface area contributed by atoms with Crippen molar-refractivity contribution < 1.29 is 34.2 Å². The second-order valence-corrected chi connectivity index (χ2v) is 9.25. The van der Waals surface area contributed by atoms with E-state index in [1.807, 2.05) is 6.92 Å². The minimum absolute atomic E-state index is 0.0379. The number of nitrogens with zero attached hydrogens (tertiary/aromatic N) is 1. The average Bonchev–Trinajstić information content (AvgIpc) is 2.70. The average molecular weight is 442 g/mol. The summed E-state index contributed by atoms with van der Waals surface area (Å²) in [4.78, 5) is 66.5. The van der Waals surface area contributed by atoms with Gasteiger partial charge in [-0.05, 0) is 50.4 Å². The van der Waals surface area contributed by atoms with Crippen molar-refractivity contribution in [3.63, 3.8) is 0 Å². The highest BCUT2D eigenvalue weighted by atomic mass is 16.3. The second kappa shape index (κ2) is 7.31. The van der Waals surface area contributed by atoms with Gasteiger partial charge >= 0.3 is 0 Å². The fourth-order valence-corrected chi connectivity index (χ4v) is 5.91. The van der Waals surface area contributed by atoms with Crippen molar-refractivity contribution >= 4 is 29.0 Å². The van der Waals surface area contributed by atoms with Gasteiger partial charge in [0.25, 0.3) is 0 Å². The lowest BCUT2D eigenvalue weighted by molar-refractivity contribution is -0.181. The predicted octanol–water partition coefficient (Wildman–Crippen LogP) is -0.571. The monoisotopic (exact) mass is 442 g/mol. The number of aryl methyl sites for hydroxylation is 1. The van der Waals surface area contributed by atoms with E-state index in [9.17, 15) is 34.2 Å². The summed E-state index contributed by atoms with van der Waals surface area (Å²) < 4.78 is 0. The number of hydrogen-bond donors (Lipinski definition) is 3. The van der Waals surface area contributed by atoms with Crippen LogP contribution in [-0.2, 0) is 32.0 Å². The van der Waals surface area contributed by atoms with Crippen molar-refractivity contribution in [3.05, 3.63) is 28.8 Å². The van der Waals surface area contributed by atoms with E-state index in [1.54, 1.807) is 26.2 Å². The van der Waals surface area contributed by atoms with Crippen molar-refractivity contribution in [2.75, 3.05) is 14.1 Å². The maximum atomic E-state index is 13.6. The highest BCUT2D eigenvalue weighted by molar-refractivity contribution is 6.32. The number of ketones is 4. The van der Waals surface area contributed by atoms with Gasteiger partial charge in [-0.25, -0.2) is 0 Å². The minimum Gasteiger partial charge on any atom is -0.507 e. The molecule has 1 amide bonds. The molecule has 4 rings (SSSR count). The Morgan fingerprint density at radius 3 is 2.41 bits per heavy atom. The van der Waals surface area contributed by atoms with Crippen LogP contribution in [0.4, 0.5) is 0 Å². The smallest absolute Gasteiger partial charge is 0.235 e. The number of phenolic OH excluding ortho intramolecular Hbond substituents is 1. The number of amides is 1. The lowest BCUT2D eigenvalue weighted by Crippen LogP contribution is -2.74. The van der Waals surface area contributed by atoms with Gasteiger partial charge in [0.1, 0.15) is 5.75 Å². The third kappa shape index (κ3) is 2.74.